The van der Waals surface area contributed by atoms with Crippen molar-refractivity contribution < 1.29 is 9.53 Å². The summed E-state index contributed by atoms with van der Waals surface area (Å²) in [6, 6.07) is 3.67. The van der Waals surface area contributed by atoms with E-state index in [-0.39, 0.29) is 0 Å². The highest BCUT2D eigenvalue weighted by atomic mass is 16.5. The minimum atomic E-state index is 0.671. The number of imidazole rings is 1. The molecule has 0 saturated carbocycles. The van der Waals surface area contributed by atoms with E-state index in [4.69, 9.17) is 4.74 Å². The molecule has 0 radical (unpaired) electrons. The van der Waals surface area contributed by atoms with E-state index in [2.05, 4.69) is 9.88 Å². The van der Waals surface area contributed by atoms with Gasteiger partial charge in [-0.2, -0.15) is 0 Å². The van der Waals surface area contributed by atoms with Crippen molar-refractivity contribution in [1.82, 2.24) is 14.3 Å². The first-order valence-corrected chi connectivity index (χ1v) is 6.58. The lowest BCUT2D eigenvalue weighted by Crippen LogP contribution is -2.37. The standard InChI is InChI=1S/C14H17N3O2/c18-11-12-1-2-14-15-13(10-17(14)9-12)3-4-16-5-7-19-8-6-16/h1-2,9-11H,3-8H2. The average Bonchev–Trinajstić information content (AvgIpc) is 2.88. The lowest BCUT2D eigenvalue weighted by Gasteiger charge is -2.26. The minimum Gasteiger partial charge on any atom is -0.379 e. The molecule has 0 atom stereocenters. The van der Waals surface area contributed by atoms with Crippen molar-refractivity contribution in [2.24, 2.45) is 0 Å². The molecule has 2 aromatic rings. The maximum absolute atomic E-state index is 10.7. The van der Waals surface area contributed by atoms with Gasteiger partial charge in [0.2, 0.25) is 0 Å². The molecular formula is C14H17N3O2. The van der Waals surface area contributed by atoms with Crippen molar-refractivity contribution in [2.75, 3.05) is 32.8 Å². The van der Waals surface area contributed by atoms with Crippen LogP contribution in [-0.2, 0) is 11.2 Å². The molecule has 1 fully saturated rings. The van der Waals surface area contributed by atoms with Gasteiger partial charge in [0.25, 0.3) is 0 Å². The quantitative estimate of drug-likeness (QED) is 0.769. The number of carbonyl (C=O) groups is 1. The Morgan fingerprint density at radius 2 is 2.11 bits per heavy atom. The van der Waals surface area contributed by atoms with E-state index < -0.39 is 0 Å². The van der Waals surface area contributed by atoms with Crippen molar-refractivity contribution >= 4 is 11.9 Å². The molecule has 1 aliphatic rings. The summed E-state index contributed by atoms with van der Waals surface area (Å²) < 4.78 is 7.25. The maximum atomic E-state index is 10.7. The van der Waals surface area contributed by atoms with Gasteiger partial charge < -0.3 is 9.14 Å². The van der Waals surface area contributed by atoms with Gasteiger partial charge in [0.1, 0.15) is 5.65 Å². The number of hydrogen-bond donors (Lipinski definition) is 0. The molecule has 3 rings (SSSR count). The van der Waals surface area contributed by atoms with Gasteiger partial charge in [0.05, 0.1) is 18.9 Å². The third-order valence-corrected chi connectivity index (χ3v) is 3.45. The van der Waals surface area contributed by atoms with Gasteiger partial charge in [-0.25, -0.2) is 4.98 Å². The molecule has 5 nitrogen and oxygen atoms in total. The van der Waals surface area contributed by atoms with Crippen molar-refractivity contribution in [3.63, 3.8) is 0 Å². The summed E-state index contributed by atoms with van der Waals surface area (Å²) in [6.07, 6.45) is 5.60. The number of carbonyl (C=O) groups excluding carboxylic acids is 1. The summed E-state index contributed by atoms with van der Waals surface area (Å²) in [7, 11) is 0. The fraction of sp³-hybridized carbons (Fsp3) is 0.429. The van der Waals surface area contributed by atoms with Gasteiger partial charge in [0.15, 0.2) is 6.29 Å². The number of aldehydes is 1. The summed E-state index contributed by atoms with van der Waals surface area (Å²) in [4.78, 5) is 17.7. The van der Waals surface area contributed by atoms with Crippen LogP contribution in [0.25, 0.3) is 5.65 Å². The van der Waals surface area contributed by atoms with Gasteiger partial charge >= 0.3 is 0 Å². The molecule has 100 valence electrons. The third kappa shape index (κ3) is 2.83. The molecule has 0 aliphatic carbocycles. The summed E-state index contributed by atoms with van der Waals surface area (Å²) in [5.41, 5.74) is 2.63. The number of rotatable bonds is 4. The number of morpholine rings is 1. The van der Waals surface area contributed by atoms with Crippen LogP contribution in [0.5, 0.6) is 0 Å². The fourth-order valence-electron chi connectivity index (χ4n) is 2.35. The molecule has 19 heavy (non-hydrogen) atoms. The highest BCUT2D eigenvalue weighted by molar-refractivity contribution is 5.74. The SMILES string of the molecule is O=Cc1ccc2nc(CCN3CCOCC3)cn2c1. The predicted molar refractivity (Wildman–Crippen MR) is 71.5 cm³/mol. The second-order valence-electron chi connectivity index (χ2n) is 4.78. The van der Waals surface area contributed by atoms with Crippen LogP contribution in [0.1, 0.15) is 16.1 Å². The normalized spacial score (nSPS) is 16.8. The van der Waals surface area contributed by atoms with Crippen molar-refractivity contribution in [3.05, 3.63) is 35.8 Å². The first kappa shape index (κ1) is 12.3. The highest BCUT2D eigenvalue weighted by Crippen LogP contribution is 2.08. The van der Waals surface area contributed by atoms with Crippen molar-refractivity contribution in [1.29, 1.82) is 0 Å². The molecular weight excluding hydrogens is 242 g/mol. The summed E-state index contributed by atoms with van der Waals surface area (Å²) in [6.45, 7) is 4.67. The van der Waals surface area contributed by atoms with E-state index in [1.54, 1.807) is 6.07 Å². The topological polar surface area (TPSA) is 46.8 Å². The Morgan fingerprint density at radius 3 is 2.89 bits per heavy atom. The third-order valence-electron chi connectivity index (χ3n) is 3.45. The van der Waals surface area contributed by atoms with E-state index in [9.17, 15) is 4.79 Å². The van der Waals surface area contributed by atoms with Crippen LogP contribution in [0.4, 0.5) is 0 Å². The van der Waals surface area contributed by atoms with Crippen LogP contribution in [0.2, 0.25) is 0 Å². The Labute approximate surface area is 111 Å². The number of aromatic nitrogens is 2. The number of ether oxygens (including phenoxy) is 1. The van der Waals surface area contributed by atoms with Crippen LogP contribution >= 0.6 is 0 Å². The van der Waals surface area contributed by atoms with Gasteiger partial charge in [-0.15, -0.1) is 0 Å². The minimum absolute atomic E-state index is 0.671. The Morgan fingerprint density at radius 1 is 1.26 bits per heavy atom. The first-order valence-electron chi connectivity index (χ1n) is 6.58. The van der Waals surface area contributed by atoms with Gasteiger partial charge in [-0.3, -0.25) is 9.69 Å². The van der Waals surface area contributed by atoms with Crippen LogP contribution in [0.3, 0.4) is 0 Å². The number of fused-ring (bicyclic) bond motifs is 1. The zero-order chi connectivity index (χ0) is 13.1. The maximum Gasteiger partial charge on any atom is 0.151 e. The molecule has 1 saturated heterocycles. The zero-order valence-electron chi connectivity index (χ0n) is 10.8. The van der Waals surface area contributed by atoms with Crippen LogP contribution < -0.4 is 0 Å². The van der Waals surface area contributed by atoms with E-state index in [0.29, 0.717) is 5.56 Å². The van der Waals surface area contributed by atoms with Gasteiger partial charge in [0, 0.05) is 44.0 Å². The number of pyridine rings is 1. The molecule has 2 aromatic heterocycles. The second kappa shape index (κ2) is 5.50. The summed E-state index contributed by atoms with van der Waals surface area (Å²) in [5, 5.41) is 0. The van der Waals surface area contributed by atoms with E-state index >= 15 is 0 Å². The molecule has 0 aromatic carbocycles. The summed E-state index contributed by atoms with van der Waals surface area (Å²) >= 11 is 0. The average molecular weight is 259 g/mol. The van der Waals surface area contributed by atoms with E-state index in [0.717, 1.165) is 56.9 Å². The molecule has 0 unspecified atom stereocenters. The molecule has 0 amide bonds. The molecule has 0 N–H and O–H groups in total. The smallest absolute Gasteiger partial charge is 0.151 e. The number of hydrogen-bond acceptors (Lipinski definition) is 4. The second-order valence-corrected chi connectivity index (χ2v) is 4.78. The number of nitrogens with zero attached hydrogens (tertiary/aromatic N) is 3. The molecule has 5 heteroatoms. The molecule has 0 spiro atoms. The van der Waals surface area contributed by atoms with Gasteiger partial charge in [-0.05, 0) is 12.1 Å². The Kier molecular flexibility index (Phi) is 3.57. The van der Waals surface area contributed by atoms with Crippen LogP contribution in [-0.4, -0.2) is 53.4 Å². The first-order chi connectivity index (χ1) is 9.35. The fourth-order valence-corrected chi connectivity index (χ4v) is 2.35. The monoisotopic (exact) mass is 259 g/mol. The van der Waals surface area contributed by atoms with Crippen LogP contribution in [0, 0.1) is 0 Å². The van der Waals surface area contributed by atoms with Gasteiger partial charge in [-0.1, -0.05) is 0 Å². The lowest BCUT2D eigenvalue weighted by atomic mass is 10.3. The predicted octanol–water partition coefficient (Wildman–Crippen LogP) is 1.02. The van der Waals surface area contributed by atoms with Crippen molar-refractivity contribution in [2.45, 2.75) is 6.42 Å². The Bertz CT molecular complexity index is 573. The van der Waals surface area contributed by atoms with Crippen molar-refractivity contribution in [3.8, 4) is 0 Å². The zero-order valence-corrected chi connectivity index (χ0v) is 10.8. The molecule has 1 aliphatic heterocycles. The summed E-state index contributed by atoms with van der Waals surface area (Å²) in [5.74, 6) is 0. The molecule has 3 heterocycles. The Hall–Kier alpha value is -1.72. The van der Waals surface area contributed by atoms with Crippen LogP contribution in [0.15, 0.2) is 24.5 Å². The lowest BCUT2D eigenvalue weighted by molar-refractivity contribution is 0.0383. The molecule has 0 bridgehead atoms. The van der Waals surface area contributed by atoms with E-state index in [1.807, 2.05) is 22.9 Å². The largest absolute Gasteiger partial charge is 0.379 e. The van der Waals surface area contributed by atoms with E-state index in [1.165, 1.54) is 0 Å². The highest BCUT2D eigenvalue weighted by Gasteiger charge is 2.11. The Balaban J connectivity index is 1.68.